The Kier molecular flexibility index (Phi) is 5.64. The molecule has 2 aliphatic heterocycles. The summed E-state index contributed by atoms with van der Waals surface area (Å²) in [6.07, 6.45) is 1.95. The van der Waals surface area contributed by atoms with Crippen LogP contribution in [0, 0.1) is 6.92 Å². The van der Waals surface area contributed by atoms with E-state index in [1.807, 2.05) is 13.0 Å². The van der Waals surface area contributed by atoms with E-state index in [0.717, 1.165) is 24.8 Å². The second kappa shape index (κ2) is 7.93. The second-order valence-electron chi connectivity index (χ2n) is 7.00. The predicted molar refractivity (Wildman–Crippen MR) is 97.2 cm³/mol. The van der Waals surface area contributed by atoms with Crippen LogP contribution in [0.25, 0.3) is 0 Å². The summed E-state index contributed by atoms with van der Waals surface area (Å²) in [5.74, 6) is 0.565. The summed E-state index contributed by atoms with van der Waals surface area (Å²) >= 11 is 0. The summed E-state index contributed by atoms with van der Waals surface area (Å²) in [5.41, 5.74) is 1.47. The van der Waals surface area contributed by atoms with Crippen molar-refractivity contribution in [3.05, 3.63) is 23.8 Å². The number of rotatable bonds is 3. The van der Waals surface area contributed by atoms with E-state index in [4.69, 9.17) is 4.74 Å². The number of likely N-dealkylation sites (tertiary alicyclic amines) is 2. The van der Waals surface area contributed by atoms with Gasteiger partial charge in [0, 0.05) is 25.2 Å². The van der Waals surface area contributed by atoms with Crippen LogP contribution in [0.3, 0.4) is 0 Å². The first-order valence-corrected chi connectivity index (χ1v) is 9.14. The Morgan fingerprint density at radius 2 is 1.96 bits per heavy atom. The Morgan fingerprint density at radius 1 is 1.23 bits per heavy atom. The minimum absolute atomic E-state index is 0.0503. The van der Waals surface area contributed by atoms with Crippen LogP contribution in [0.2, 0.25) is 0 Å². The molecule has 6 nitrogen and oxygen atoms in total. The lowest BCUT2D eigenvalue weighted by atomic mass is 10.1. The van der Waals surface area contributed by atoms with Crippen molar-refractivity contribution < 1.29 is 18.7 Å². The number of methoxy groups -OCH3 is 1. The molecule has 2 atom stereocenters. The first-order valence-electron chi connectivity index (χ1n) is 9.14. The van der Waals surface area contributed by atoms with Gasteiger partial charge in [0.2, 0.25) is 5.91 Å². The minimum Gasteiger partial charge on any atom is -0.497 e. The van der Waals surface area contributed by atoms with Crippen molar-refractivity contribution in [2.75, 3.05) is 32.1 Å². The molecule has 7 heteroatoms. The lowest BCUT2D eigenvalue weighted by Crippen LogP contribution is -2.50. The number of carbonyl (C=O) groups excluding carboxylic acids is 2. The van der Waals surface area contributed by atoms with Crippen LogP contribution < -0.4 is 10.1 Å². The molecule has 1 N–H and O–H groups in total. The quantitative estimate of drug-likeness (QED) is 0.898. The number of nitrogens with zero attached hydrogens (tertiary/aromatic N) is 2. The van der Waals surface area contributed by atoms with E-state index in [0.29, 0.717) is 24.5 Å². The van der Waals surface area contributed by atoms with Crippen molar-refractivity contribution in [2.45, 2.75) is 44.8 Å². The molecule has 142 valence electrons. The molecule has 0 aromatic heterocycles. The third-order valence-electron chi connectivity index (χ3n) is 5.14. The fourth-order valence-electron chi connectivity index (χ4n) is 3.66. The van der Waals surface area contributed by atoms with Gasteiger partial charge in [0.15, 0.2) is 0 Å². The number of hydrogen-bond donors (Lipinski definition) is 1. The fraction of sp³-hybridized carbons (Fsp3) is 0.579. The Bertz CT molecular complexity index is 676. The molecule has 1 aromatic carbocycles. The lowest BCUT2D eigenvalue weighted by molar-refractivity contribution is -0.136. The number of benzene rings is 1. The SMILES string of the molecule is COc1ccc(NC(=O)N2C[C@@H](F)C[C@H]2C(=O)N2CCCCC2)c(C)c1. The van der Waals surface area contributed by atoms with Crippen molar-refractivity contribution in [3.8, 4) is 5.75 Å². The third kappa shape index (κ3) is 3.92. The zero-order valence-corrected chi connectivity index (χ0v) is 15.3. The van der Waals surface area contributed by atoms with E-state index in [1.54, 1.807) is 24.1 Å². The maximum atomic E-state index is 14.0. The van der Waals surface area contributed by atoms with Gasteiger partial charge in [-0.25, -0.2) is 9.18 Å². The number of halogens is 1. The molecular weight excluding hydrogens is 337 g/mol. The lowest BCUT2D eigenvalue weighted by Gasteiger charge is -2.32. The van der Waals surface area contributed by atoms with Crippen LogP contribution in [0.5, 0.6) is 5.75 Å². The molecule has 2 heterocycles. The van der Waals surface area contributed by atoms with Gasteiger partial charge in [-0.15, -0.1) is 0 Å². The molecular formula is C19H26FN3O3. The average molecular weight is 363 g/mol. The van der Waals surface area contributed by atoms with Crippen molar-refractivity contribution in [1.82, 2.24) is 9.80 Å². The number of ether oxygens (including phenoxy) is 1. The predicted octanol–water partition coefficient (Wildman–Crippen LogP) is 2.96. The van der Waals surface area contributed by atoms with Gasteiger partial charge in [-0.2, -0.15) is 0 Å². The van der Waals surface area contributed by atoms with Crippen LogP contribution in [-0.2, 0) is 4.79 Å². The van der Waals surface area contributed by atoms with Gasteiger partial charge in [0.05, 0.1) is 13.7 Å². The van der Waals surface area contributed by atoms with Crippen LogP contribution in [-0.4, -0.2) is 60.7 Å². The Hall–Kier alpha value is -2.31. The molecule has 2 aliphatic rings. The van der Waals surface area contributed by atoms with E-state index in [2.05, 4.69) is 5.32 Å². The van der Waals surface area contributed by atoms with Gasteiger partial charge in [-0.05, 0) is 49.9 Å². The molecule has 0 aliphatic carbocycles. The van der Waals surface area contributed by atoms with Crippen LogP contribution >= 0.6 is 0 Å². The molecule has 2 fully saturated rings. The van der Waals surface area contributed by atoms with Gasteiger partial charge in [0.1, 0.15) is 18.0 Å². The Morgan fingerprint density at radius 3 is 2.62 bits per heavy atom. The molecule has 26 heavy (non-hydrogen) atoms. The highest BCUT2D eigenvalue weighted by Crippen LogP contribution is 2.26. The number of urea groups is 1. The molecule has 0 spiro atoms. The van der Waals surface area contributed by atoms with Gasteiger partial charge in [-0.1, -0.05) is 0 Å². The molecule has 0 radical (unpaired) electrons. The maximum absolute atomic E-state index is 14.0. The summed E-state index contributed by atoms with van der Waals surface area (Å²) in [7, 11) is 1.58. The number of aryl methyl sites for hydroxylation is 1. The van der Waals surface area contributed by atoms with Crippen molar-refractivity contribution >= 4 is 17.6 Å². The van der Waals surface area contributed by atoms with Gasteiger partial charge in [-0.3, -0.25) is 4.79 Å². The Balaban J connectivity index is 1.71. The molecule has 0 unspecified atom stereocenters. The summed E-state index contributed by atoms with van der Waals surface area (Å²) in [6, 6.07) is 4.15. The molecule has 0 saturated carbocycles. The van der Waals surface area contributed by atoms with E-state index in [9.17, 15) is 14.0 Å². The summed E-state index contributed by atoms with van der Waals surface area (Å²) in [6.45, 7) is 3.19. The van der Waals surface area contributed by atoms with Crippen LogP contribution in [0.15, 0.2) is 18.2 Å². The van der Waals surface area contributed by atoms with Gasteiger partial charge >= 0.3 is 6.03 Å². The largest absolute Gasteiger partial charge is 0.497 e. The summed E-state index contributed by atoms with van der Waals surface area (Å²) in [5, 5.41) is 2.81. The standard InChI is InChI=1S/C19H26FN3O3/c1-13-10-15(26-2)6-7-16(13)21-19(25)23-12-14(20)11-17(23)18(24)22-8-4-3-5-9-22/h6-7,10,14,17H,3-5,8-9,11-12H2,1-2H3,(H,21,25)/t14-,17-/m0/s1. The smallest absolute Gasteiger partial charge is 0.322 e. The zero-order valence-electron chi connectivity index (χ0n) is 15.3. The number of piperidine rings is 1. The number of alkyl halides is 1. The number of carbonyl (C=O) groups is 2. The summed E-state index contributed by atoms with van der Waals surface area (Å²) in [4.78, 5) is 28.6. The van der Waals surface area contributed by atoms with Crippen LogP contribution in [0.4, 0.5) is 14.9 Å². The first kappa shape index (κ1) is 18.5. The highest BCUT2D eigenvalue weighted by atomic mass is 19.1. The van der Waals surface area contributed by atoms with E-state index in [1.165, 1.54) is 4.90 Å². The fourth-order valence-corrected chi connectivity index (χ4v) is 3.66. The van der Waals surface area contributed by atoms with Crippen molar-refractivity contribution in [2.24, 2.45) is 0 Å². The molecule has 2 saturated heterocycles. The number of nitrogens with one attached hydrogen (secondary N) is 1. The molecule has 0 bridgehead atoms. The van der Waals surface area contributed by atoms with Gasteiger partial charge < -0.3 is 19.9 Å². The number of anilines is 1. The average Bonchev–Trinajstić information content (AvgIpc) is 3.05. The van der Waals surface area contributed by atoms with E-state index >= 15 is 0 Å². The van der Waals surface area contributed by atoms with Crippen LogP contribution in [0.1, 0.15) is 31.2 Å². The highest BCUT2D eigenvalue weighted by molar-refractivity contribution is 5.95. The topological polar surface area (TPSA) is 61.9 Å². The first-order chi connectivity index (χ1) is 12.5. The third-order valence-corrected chi connectivity index (χ3v) is 5.14. The number of hydrogen-bond acceptors (Lipinski definition) is 3. The summed E-state index contributed by atoms with van der Waals surface area (Å²) < 4.78 is 19.2. The zero-order chi connectivity index (χ0) is 18.7. The maximum Gasteiger partial charge on any atom is 0.322 e. The molecule has 3 amide bonds. The van der Waals surface area contributed by atoms with Gasteiger partial charge in [0.25, 0.3) is 0 Å². The van der Waals surface area contributed by atoms with E-state index in [-0.39, 0.29) is 18.9 Å². The molecule has 1 aromatic rings. The second-order valence-corrected chi connectivity index (χ2v) is 7.00. The van der Waals surface area contributed by atoms with Crippen molar-refractivity contribution in [3.63, 3.8) is 0 Å². The monoisotopic (exact) mass is 363 g/mol. The normalized spacial score (nSPS) is 23.0. The van der Waals surface area contributed by atoms with E-state index < -0.39 is 18.2 Å². The minimum atomic E-state index is -1.17. The molecule has 3 rings (SSSR count). The Labute approximate surface area is 153 Å². The van der Waals surface area contributed by atoms with Crippen molar-refractivity contribution in [1.29, 1.82) is 0 Å². The number of amides is 3. The highest BCUT2D eigenvalue weighted by Gasteiger charge is 2.41.